The molecule has 0 unspecified atom stereocenters. The number of hydroxylamine groups is 1. The molecule has 0 amide bonds. The SMILES string of the molecule is CC(C)CCCCC(=O)ONCC(C)C. The first-order valence-electron chi connectivity index (χ1n) is 5.95. The smallest absolute Gasteiger partial charge is 0.324 e. The zero-order chi connectivity index (χ0) is 11.7. The van der Waals surface area contributed by atoms with Gasteiger partial charge in [0.25, 0.3) is 0 Å². The average molecular weight is 215 g/mol. The van der Waals surface area contributed by atoms with E-state index in [2.05, 4.69) is 33.2 Å². The molecule has 0 aromatic carbocycles. The summed E-state index contributed by atoms with van der Waals surface area (Å²) in [6.07, 6.45) is 3.75. The third kappa shape index (κ3) is 11.4. The average Bonchev–Trinajstić information content (AvgIpc) is 2.11. The zero-order valence-electron chi connectivity index (χ0n) is 10.5. The van der Waals surface area contributed by atoms with E-state index >= 15 is 0 Å². The number of unbranched alkanes of at least 4 members (excludes halogenated alkanes) is 1. The van der Waals surface area contributed by atoms with Crippen molar-refractivity contribution in [1.82, 2.24) is 5.48 Å². The van der Waals surface area contributed by atoms with E-state index in [1.807, 2.05) is 0 Å². The monoisotopic (exact) mass is 215 g/mol. The van der Waals surface area contributed by atoms with Crippen LogP contribution in [0.4, 0.5) is 0 Å². The van der Waals surface area contributed by atoms with Gasteiger partial charge in [0.2, 0.25) is 0 Å². The summed E-state index contributed by atoms with van der Waals surface area (Å²) in [4.78, 5) is 16.1. The lowest BCUT2D eigenvalue weighted by Crippen LogP contribution is -2.23. The van der Waals surface area contributed by atoms with Gasteiger partial charge in [-0.1, -0.05) is 40.5 Å². The Hall–Kier alpha value is -0.570. The zero-order valence-corrected chi connectivity index (χ0v) is 10.5. The molecule has 0 spiro atoms. The summed E-state index contributed by atoms with van der Waals surface area (Å²) in [5, 5.41) is 0. The maximum atomic E-state index is 11.2. The van der Waals surface area contributed by atoms with Crippen molar-refractivity contribution >= 4 is 5.97 Å². The van der Waals surface area contributed by atoms with E-state index in [4.69, 9.17) is 4.84 Å². The van der Waals surface area contributed by atoms with E-state index in [1.54, 1.807) is 0 Å². The standard InChI is InChI=1S/C12H25NO2/c1-10(2)7-5-6-8-12(14)15-13-9-11(3)4/h10-11,13H,5-9H2,1-4H3. The Kier molecular flexibility index (Phi) is 8.38. The summed E-state index contributed by atoms with van der Waals surface area (Å²) in [6, 6.07) is 0. The molecule has 15 heavy (non-hydrogen) atoms. The van der Waals surface area contributed by atoms with Crippen LogP contribution >= 0.6 is 0 Å². The maximum Gasteiger partial charge on any atom is 0.324 e. The molecule has 0 bridgehead atoms. The maximum absolute atomic E-state index is 11.2. The molecule has 0 saturated heterocycles. The van der Waals surface area contributed by atoms with Gasteiger partial charge in [-0.15, -0.1) is 0 Å². The Morgan fingerprint density at radius 2 is 1.80 bits per heavy atom. The Morgan fingerprint density at radius 3 is 2.33 bits per heavy atom. The summed E-state index contributed by atoms with van der Waals surface area (Å²) in [7, 11) is 0. The highest BCUT2D eigenvalue weighted by Crippen LogP contribution is 2.08. The van der Waals surface area contributed by atoms with Crippen LogP contribution < -0.4 is 5.48 Å². The molecule has 0 aliphatic heterocycles. The first-order valence-corrected chi connectivity index (χ1v) is 5.95. The molecule has 0 aromatic rings. The van der Waals surface area contributed by atoms with Crippen LogP contribution in [0.15, 0.2) is 0 Å². The Balaban J connectivity index is 3.26. The van der Waals surface area contributed by atoms with Crippen LogP contribution in [0, 0.1) is 11.8 Å². The minimum absolute atomic E-state index is 0.139. The number of hydrogen-bond acceptors (Lipinski definition) is 3. The van der Waals surface area contributed by atoms with Crippen molar-refractivity contribution in [1.29, 1.82) is 0 Å². The summed E-state index contributed by atoms with van der Waals surface area (Å²) in [5.74, 6) is 1.08. The number of hydrogen-bond donors (Lipinski definition) is 1. The number of rotatable bonds is 8. The van der Waals surface area contributed by atoms with Crippen molar-refractivity contribution in [3.63, 3.8) is 0 Å². The molecule has 3 heteroatoms. The molecule has 0 aliphatic rings. The fourth-order valence-corrected chi connectivity index (χ4v) is 1.16. The Bertz CT molecular complexity index is 167. The van der Waals surface area contributed by atoms with Crippen LogP contribution in [0.3, 0.4) is 0 Å². The van der Waals surface area contributed by atoms with Gasteiger partial charge in [-0.25, -0.2) is 0 Å². The molecule has 1 N–H and O–H groups in total. The van der Waals surface area contributed by atoms with Gasteiger partial charge >= 0.3 is 5.97 Å². The van der Waals surface area contributed by atoms with E-state index in [-0.39, 0.29) is 5.97 Å². The molecule has 0 radical (unpaired) electrons. The largest absolute Gasteiger partial charge is 0.371 e. The Labute approximate surface area is 93.5 Å². The lowest BCUT2D eigenvalue weighted by molar-refractivity contribution is -0.151. The van der Waals surface area contributed by atoms with Crippen LogP contribution in [0.25, 0.3) is 0 Å². The molecular weight excluding hydrogens is 190 g/mol. The van der Waals surface area contributed by atoms with Crippen molar-refractivity contribution in [3.05, 3.63) is 0 Å². The van der Waals surface area contributed by atoms with E-state index in [1.165, 1.54) is 6.42 Å². The molecule has 3 nitrogen and oxygen atoms in total. The van der Waals surface area contributed by atoms with E-state index in [0.717, 1.165) is 25.3 Å². The van der Waals surface area contributed by atoms with E-state index in [0.29, 0.717) is 12.3 Å². The highest BCUT2D eigenvalue weighted by atomic mass is 16.7. The molecule has 0 atom stereocenters. The molecule has 0 heterocycles. The number of carbonyl (C=O) groups excluding carboxylic acids is 1. The lowest BCUT2D eigenvalue weighted by Gasteiger charge is -2.08. The predicted octanol–water partition coefficient (Wildman–Crippen LogP) is 2.91. The highest BCUT2D eigenvalue weighted by molar-refractivity contribution is 5.68. The van der Waals surface area contributed by atoms with Crippen molar-refractivity contribution in [2.45, 2.75) is 53.4 Å². The second kappa shape index (κ2) is 8.72. The minimum atomic E-state index is -0.139. The van der Waals surface area contributed by atoms with Gasteiger partial charge in [0.15, 0.2) is 0 Å². The van der Waals surface area contributed by atoms with Gasteiger partial charge in [-0.2, -0.15) is 5.48 Å². The van der Waals surface area contributed by atoms with E-state index in [9.17, 15) is 4.79 Å². The third-order valence-corrected chi connectivity index (χ3v) is 2.09. The van der Waals surface area contributed by atoms with Crippen LogP contribution in [-0.4, -0.2) is 12.5 Å². The van der Waals surface area contributed by atoms with Gasteiger partial charge in [0.05, 0.1) is 0 Å². The first kappa shape index (κ1) is 14.4. The van der Waals surface area contributed by atoms with E-state index < -0.39 is 0 Å². The van der Waals surface area contributed by atoms with Crippen LogP contribution in [0.1, 0.15) is 53.4 Å². The van der Waals surface area contributed by atoms with Gasteiger partial charge in [-0.05, 0) is 18.3 Å². The molecule has 0 fully saturated rings. The van der Waals surface area contributed by atoms with Crippen molar-refractivity contribution in [2.75, 3.05) is 6.54 Å². The predicted molar refractivity (Wildman–Crippen MR) is 62.2 cm³/mol. The second-order valence-corrected chi connectivity index (χ2v) is 4.86. The van der Waals surface area contributed by atoms with Crippen molar-refractivity contribution in [2.24, 2.45) is 11.8 Å². The molecule has 0 aromatic heterocycles. The summed E-state index contributed by atoms with van der Waals surface area (Å²) >= 11 is 0. The van der Waals surface area contributed by atoms with Gasteiger partial charge in [0, 0.05) is 13.0 Å². The van der Waals surface area contributed by atoms with Gasteiger partial charge < -0.3 is 4.84 Å². The number of nitrogens with one attached hydrogen (secondary N) is 1. The molecule has 0 aliphatic carbocycles. The van der Waals surface area contributed by atoms with Crippen LogP contribution in [0.5, 0.6) is 0 Å². The van der Waals surface area contributed by atoms with Crippen LogP contribution in [-0.2, 0) is 9.63 Å². The molecular formula is C12H25NO2. The summed E-state index contributed by atoms with van der Waals surface area (Å²) in [5.41, 5.74) is 2.68. The van der Waals surface area contributed by atoms with Crippen molar-refractivity contribution < 1.29 is 9.63 Å². The van der Waals surface area contributed by atoms with Crippen LogP contribution in [0.2, 0.25) is 0 Å². The van der Waals surface area contributed by atoms with Crippen molar-refractivity contribution in [3.8, 4) is 0 Å². The summed E-state index contributed by atoms with van der Waals surface area (Å²) < 4.78 is 0. The third-order valence-electron chi connectivity index (χ3n) is 2.09. The molecule has 90 valence electrons. The lowest BCUT2D eigenvalue weighted by atomic mass is 10.1. The first-order chi connectivity index (χ1) is 7.02. The fraction of sp³-hybridized carbons (Fsp3) is 0.917. The molecule has 0 rings (SSSR count). The van der Waals surface area contributed by atoms with Gasteiger partial charge in [0.1, 0.15) is 0 Å². The summed E-state index contributed by atoms with van der Waals surface area (Å²) in [6.45, 7) is 9.26. The molecule has 0 saturated carbocycles. The topological polar surface area (TPSA) is 38.3 Å². The fourth-order valence-electron chi connectivity index (χ4n) is 1.16. The minimum Gasteiger partial charge on any atom is -0.371 e. The number of carbonyl (C=O) groups is 1. The normalized spacial score (nSPS) is 11.1. The second-order valence-electron chi connectivity index (χ2n) is 4.86. The van der Waals surface area contributed by atoms with Gasteiger partial charge in [-0.3, -0.25) is 4.79 Å². The highest BCUT2D eigenvalue weighted by Gasteiger charge is 2.03. The Morgan fingerprint density at radius 1 is 1.13 bits per heavy atom. The quantitative estimate of drug-likeness (QED) is 0.500.